The van der Waals surface area contributed by atoms with Crippen LogP contribution < -0.4 is 10.2 Å². The third-order valence-electron chi connectivity index (χ3n) is 4.52. The summed E-state index contributed by atoms with van der Waals surface area (Å²) in [6.45, 7) is 1.88. The summed E-state index contributed by atoms with van der Waals surface area (Å²) in [5, 5.41) is 11.7. The number of hydrogen-bond donors (Lipinski definition) is 1. The first-order chi connectivity index (χ1) is 14.2. The number of benzene rings is 2. The molecule has 0 spiro atoms. The molecule has 0 fully saturated rings. The second kappa shape index (κ2) is 8.25. The lowest BCUT2D eigenvalue weighted by Gasteiger charge is -2.13. The number of amides is 1. The van der Waals surface area contributed by atoms with Crippen LogP contribution in [0.3, 0.4) is 0 Å². The normalized spacial score (nSPS) is 10.9. The van der Waals surface area contributed by atoms with Crippen LogP contribution >= 0.6 is 0 Å². The molecule has 0 atom stereocenters. The molecule has 5 nitrogen and oxygen atoms in total. The third-order valence-corrected chi connectivity index (χ3v) is 4.52. The van der Waals surface area contributed by atoms with E-state index in [0.29, 0.717) is 11.4 Å². The molecule has 1 aromatic heterocycles. The fourth-order valence-corrected chi connectivity index (χ4v) is 2.87. The van der Waals surface area contributed by atoms with E-state index < -0.39 is 17.6 Å². The predicted molar refractivity (Wildman–Crippen MR) is 108 cm³/mol. The molecule has 152 valence electrons. The van der Waals surface area contributed by atoms with Gasteiger partial charge in [-0.25, -0.2) is 0 Å². The van der Waals surface area contributed by atoms with Crippen LogP contribution in [0, 0.1) is 18.4 Å². The van der Waals surface area contributed by atoms with Crippen LogP contribution in [0.2, 0.25) is 0 Å². The van der Waals surface area contributed by atoms with Crippen LogP contribution in [0.5, 0.6) is 0 Å². The molecule has 30 heavy (non-hydrogen) atoms. The first-order valence-corrected chi connectivity index (χ1v) is 8.87. The summed E-state index contributed by atoms with van der Waals surface area (Å²) < 4.78 is 38.7. The summed E-state index contributed by atoms with van der Waals surface area (Å²) in [6, 6.07) is 11.2. The lowest BCUT2D eigenvalue weighted by atomic mass is 10.0. The molecule has 0 aliphatic carbocycles. The summed E-state index contributed by atoms with van der Waals surface area (Å²) >= 11 is 0. The molecule has 0 radical (unpaired) electrons. The van der Waals surface area contributed by atoms with Gasteiger partial charge in [-0.2, -0.15) is 18.4 Å². The number of carbonyl (C=O) groups excluding carboxylic acids is 1. The summed E-state index contributed by atoms with van der Waals surface area (Å²) in [6.07, 6.45) is 0.667. The monoisotopic (exact) mass is 410 g/mol. The number of alkyl halides is 3. The van der Waals surface area contributed by atoms with Gasteiger partial charge < -0.3 is 5.32 Å². The molecule has 2 aromatic carbocycles. The molecular formula is C22H17F3N4O. The molecule has 1 N–H and O–H groups in total. The Labute approximate surface area is 171 Å². The highest BCUT2D eigenvalue weighted by Crippen LogP contribution is 2.31. The van der Waals surface area contributed by atoms with E-state index in [1.807, 2.05) is 13.1 Å². The maximum Gasteiger partial charge on any atom is 0.416 e. The zero-order valence-corrected chi connectivity index (χ0v) is 16.2. The number of halogens is 3. The lowest BCUT2D eigenvalue weighted by molar-refractivity contribution is -0.137. The van der Waals surface area contributed by atoms with Crippen LogP contribution in [-0.4, -0.2) is 17.9 Å². The highest BCUT2D eigenvalue weighted by Gasteiger charge is 2.30. The van der Waals surface area contributed by atoms with Crippen molar-refractivity contribution in [3.8, 4) is 17.3 Å². The number of nitrogens with zero attached hydrogens (tertiary/aromatic N) is 3. The second-order valence-corrected chi connectivity index (χ2v) is 6.65. The molecule has 1 heterocycles. The molecule has 0 aliphatic rings. The van der Waals surface area contributed by atoms with E-state index in [1.165, 1.54) is 17.0 Å². The van der Waals surface area contributed by atoms with Crippen molar-refractivity contribution >= 4 is 17.3 Å². The predicted octanol–water partition coefficient (Wildman–Crippen LogP) is 5.25. The van der Waals surface area contributed by atoms with Gasteiger partial charge in [0.15, 0.2) is 6.19 Å². The SMILES string of the molecule is Cc1ccc(NC(=O)c2cccc(C(F)(F)F)c2)cc1-c1cncc(N(C)C#N)c1. The van der Waals surface area contributed by atoms with Gasteiger partial charge in [-0.05, 0) is 54.4 Å². The molecule has 0 aliphatic heterocycles. The Morgan fingerprint density at radius 2 is 1.90 bits per heavy atom. The van der Waals surface area contributed by atoms with E-state index >= 15 is 0 Å². The average molecular weight is 410 g/mol. The van der Waals surface area contributed by atoms with E-state index in [9.17, 15) is 18.0 Å². The molecule has 0 bridgehead atoms. The highest BCUT2D eigenvalue weighted by molar-refractivity contribution is 6.04. The second-order valence-electron chi connectivity index (χ2n) is 6.65. The van der Waals surface area contributed by atoms with Crippen LogP contribution in [0.1, 0.15) is 21.5 Å². The van der Waals surface area contributed by atoms with Gasteiger partial charge in [0.05, 0.1) is 17.4 Å². The Hall–Kier alpha value is -3.86. The van der Waals surface area contributed by atoms with Crippen molar-refractivity contribution in [1.29, 1.82) is 5.26 Å². The Bertz CT molecular complexity index is 1140. The van der Waals surface area contributed by atoms with Crippen LogP contribution in [-0.2, 0) is 6.18 Å². The number of anilines is 2. The number of aromatic nitrogens is 1. The van der Waals surface area contributed by atoms with Crippen molar-refractivity contribution in [2.75, 3.05) is 17.3 Å². The molecule has 0 saturated carbocycles. The summed E-state index contributed by atoms with van der Waals surface area (Å²) in [5.74, 6) is -0.646. The van der Waals surface area contributed by atoms with E-state index in [4.69, 9.17) is 5.26 Å². The number of rotatable bonds is 4. The fraction of sp³-hybridized carbons (Fsp3) is 0.136. The number of hydrogen-bond acceptors (Lipinski definition) is 4. The number of aryl methyl sites for hydroxylation is 1. The van der Waals surface area contributed by atoms with Gasteiger partial charge in [0.2, 0.25) is 0 Å². The summed E-state index contributed by atoms with van der Waals surface area (Å²) in [5.41, 5.74) is 2.48. The number of nitriles is 1. The van der Waals surface area contributed by atoms with E-state index in [-0.39, 0.29) is 5.56 Å². The largest absolute Gasteiger partial charge is 0.416 e. The number of nitrogens with one attached hydrogen (secondary N) is 1. The Morgan fingerprint density at radius 1 is 1.13 bits per heavy atom. The summed E-state index contributed by atoms with van der Waals surface area (Å²) in [4.78, 5) is 18.0. The molecule has 0 unspecified atom stereocenters. The van der Waals surface area contributed by atoms with Crippen LogP contribution in [0.15, 0.2) is 60.9 Å². The molecular weight excluding hydrogens is 393 g/mol. The van der Waals surface area contributed by atoms with Gasteiger partial charge in [0.1, 0.15) is 0 Å². The van der Waals surface area contributed by atoms with Crippen molar-refractivity contribution in [3.63, 3.8) is 0 Å². The third kappa shape index (κ3) is 4.58. The standard InChI is InChI=1S/C22H17F3N4O/c1-14-6-7-18(10-20(14)16-9-19(12-27-11-16)29(2)13-26)28-21(30)15-4-3-5-17(8-15)22(23,24)25/h3-12H,1-2H3,(H,28,30). The van der Waals surface area contributed by atoms with Gasteiger partial charge in [-0.3, -0.25) is 14.7 Å². The topological polar surface area (TPSA) is 69.0 Å². The van der Waals surface area contributed by atoms with Gasteiger partial charge in [-0.15, -0.1) is 0 Å². The smallest absolute Gasteiger partial charge is 0.322 e. The van der Waals surface area contributed by atoms with Gasteiger partial charge in [-0.1, -0.05) is 12.1 Å². The minimum atomic E-state index is -4.53. The first-order valence-electron chi connectivity index (χ1n) is 8.87. The summed E-state index contributed by atoms with van der Waals surface area (Å²) in [7, 11) is 1.61. The molecule has 0 saturated heterocycles. The Balaban J connectivity index is 1.90. The van der Waals surface area contributed by atoms with Crippen molar-refractivity contribution in [2.24, 2.45) is 0 Å². The number of carbonyl (C=O) groups is 1. The molecule has 8 heteroatoms. The minimum absolute atomic E-state index is 0.0914. The highest BCUT2D eigenvalue weighted by atomic mass is 19.4. The molecule has 3 rings (SSSR count). The zero-order chi connectivity index (χ0) is 21.9. The Kier molecular flexibility index (Phi) is 5.74. The average Bonchev–Trinajstić information content (AvgIpc) is 2.74. The van der Waals surface area contributed by atoms with Gasteiger partial charge in [0, 0.05) is 30.1 Å². The maximum atomic E-state index is 12.9. The Morgan fingerprint density at radius 3 is 2.60 bits per heavy atom. The first kappa shape index (κ1) is 20.9. The van der Waals surface area contributed by atoms with E-state index in [0.717, 1.165) is 28.8 Å². The molecule has 3 aromatic rings. The van der Waals surface area contributed by atoms with E-state index in [2.05, 4.69) is 10.3 Å². The van der Waals surface area contributed by atoms with Crippen LogP contribution in [0.4, 0.5) is 24.5 Å². The minimum Gasteiger partial charge on any atom is -0.322 e. The van der Waals surface area contributed by atoms with Crippen molar-refractivity contribution < 1.29 is 18.0 Å². The van der Waals surface area contributed by atoms with Crippen LogP contribution in [0.25, 0.3) is 11.1 Å². The van der Waals surface area contributed by atoms with Crippen molar-refractivity contribution in [2.45, 2.75) is 13.1 Å². The maximum absolute atomic E-state index is 12.9. The molecule has 1 amide bonds. The van der Waals surface area contributed by atoms with E-state index in [1.54, 1.807) is 43.7 Å². The van der Waals surface area contributed by atoms with Gasteiger partial charge in [0.25, 0.3) is 5.91 Å². The zero-order valence-electron chi connectivity index (χ0n) is 16.2. The van der Waals surface area contributed by atoms with Gasteiger partial charge >= 0.3 is 6.18 Å². The lowest BCUT2D eigenvalue weighted by Crippen LogP contribution is -2.14. The van der Waals surface area contributed by atoms with Crippen molar-refractivity contribution in [1.82, 2.24) is 4.98 Å². The number of pyridine rings is 1. The van der Waals surface area contributed by atoms with Crippen molar-refractivity contribution in [3.05, 3.63) is 77.6 Å². The fourth-order valence-electron chi connectivity index (χ4n) is 2.87. The quantitative estimate of drug-likeness (QED) is 0.471.